The number of piperidine rings is 1. The second-order valence-corrected chi connectivity index (χ2v) is 12.0. The van der Waals surface area contributed by atoms with Crippen LogP contribution in [0, 0.1) is 0 Å². The predicted molar refractivity (Wildman–Crippen MR) is 118 cm³/mol. The summed E-state index contributed by atoms with van der Waals surface area (Å²) in [5, 5.41) is 0. The highest BCUT2D eigenvalue weighted by Gasteiger charge is 2.40. The van der Waals surface area contributed by atoms with Gasteiger partial charge in [-0.2, -0.15) is 4.31 Å². The number of benzene rings is 1. The summed E-state index contributed by atoms with van der Waals surface area (Å²) in [5.74, 6) is 0.128. The van der Waals surface area contributed by atoms with Gasteiger partial charge in [0.1, 0.15) is 4.21 Å². The number of carbonyl (C=O) groups is 1. The molecular formula is C23H28N2O3S2. The van der Waals surface area contributed by atoms with Crippen LogP contribution in [0.1, 0.15) is 60.6 Å². The van der Waals surface area contributed by atoms with Gasteiger partial charge in [-0.05, 0) is 61.8 Å². The van der Waals surface area contributed by atoms with E-state index in [1.165, 1.54) is 22.5 Å². The number of rotatable bonds is 6. The van der Waals surface area contributed by atoms with Crippen LogP contribution >= 0.6 is 11.3 Å². The van der Waals surface area contributed by atoms with E-state index in [2.05, 4.69) is 29.2 Å². The number of fused-ring (bicyclic) bond motifs is 1. The van der Waals surface area contributed by atoms with E-state index in [4.69, 9.17) is 0 Å². The Balaban J connectivity index is 1.33. The minimum absolute atomic E-state index is 0.128. The van der Waals surface area contributed by atoms with Crippen LogP contribution in [0.3, 0.4) is 0 Å². The van der Waals surface area contributed by atoms with Gasteiger partial charge in [-0.3, -0.25) is 4.79 Å². The maximum absolute atomic E-state index is 13.3. The second-order valence-electron chi connectivity index (χ2n) is 8.65. The first-order valence-electron chi connectivity index (χ1n) is 11.0. The molecule has 1 atom stereocenters. The highest BCUT2D eigenvalue weighted by Crippen LogP contribution is 2.42. The molecule has 3 aliphatic rings. The fourth-order valence-corrected chi connectivity index (χ4v) is 7.89. The molecule has 2 aromatic rings. The van der Waals surface area contributed by atoms with E-state index < -0.39 is 10.0 Å². The van der Waals surface area contributed by atoms with Crippen LogP contribution in [-0.2, 0) is 27.7 Å². The van der Waals surface area contributed by atoms with Crippen molar-refractivity contribution in [3.05, 3.63) is 52.4 Å². The molecular weight excluding hydrogens is 416 g/mol. The van der Waals surface area contributed by atoms with Gasteiger partial charge in [0.05, 0.1) is 12.5 Å². The van der Waals surface area contributed by atoms with Crippen LogP contribution in [0.2, 0.25) is 0 Å². The van der Waals surface area contributed by atoms with E-state index in [-0.39, 0.29) is 18.4 Å². The third kappa shape index (κ3) is 3.83. The maximum Gasteiger partial charge on any atom is 0.252 e. The molecule has 0 N–H and O–H groups in total. The van der Waals surface area contributed by atoms with E-state index in [0.717, 1.165) is 49.8 Å². The SMILES string of the molecule is O=C(Cc1ccc(S(=O)(=O)N2CCCCC2)s1)N(C1CC1)C1CCc2ccccc21. The van der Waals surface area contributed by atoms with Crippen molar-refractivity contribution in [3.63, 3.8) is 0 Å². The number of hydrogen-bond acceptors (Lipinski definition) is 4. The molecule has 1 unspecified atom stereocenters. The molecule has 5 nitrogen and oxygen atoms in total. The number of sulfonamides is 1. The smallest absolute Gasteiger partial charge is 0.252 e. The number of thiophene rings is 1. The molecule has 1 saturated heterocycles. The highest BCUT2D eigenvalue weighted by molar-refractivity contribution is 7.91. The van der Waals surface area contributed by atoms with E-state index in [9.17, 15) is 13.2 Å². The van der Waals surface area contributed by atoms with Gasteiger partial charge in [0, 0.05) is 24.0 Å². The van der Waals surface area contributed by atoms with Crippen molar-refractivity contribution < 1.29 is 13.2 Å². The molecule has 1 aromatic carbocycles. The fraction of sp³-hybridized carbons (Fsp3) is 0.522. The first-order valence-corrected chi connectivity index (χ1v) is 13.3. The highest BCUT2D eigenvalue weighted by atomic mass is 32.2. The summed E-state index contributed by atoms with van der Waals surface area (Å²) in [6.45, 7) is 1.20. The van der Waals surface area contributed by atoms with Crippen LogP contribution in [0.5, 0.6) is 0 Å². The molecule has 1 aromatic heterocycles. The molecule has 1 amide bonds. The fourth-order valence-electron chi connectivity index (χ4n) is 4.87. The van der Waals surface area contributed by atoms with Gasteiger partial charge < -0.3 is 4.90 Å². The summed E-state index contributed by atoms with van der Waals surface area (Å²) in [7, 11) is -3.43. The van der Waals surface area contributed by atoms with Crippen LogP contribution in [0.4, 0.5) is 0 Å². The van der Waals surface area contributed by atoms with Gasteiger partial charge in [-0.25, -0.2) is 8.42 Å². The third-order valence-corrected chi connectivity index (χ3v) is 9.99. The van der Waals surface area contributed by atoms with Crippen molar-refractivity contribution in [2.45, 2.75) is 67.7 Å². The topological polar surface area (TPSA) is 57.7 Å². The molecule has 2 heterocycles. The summed E-state index contributed by atoms with van der Waals surface area (Å²) in [4.78, 5) is 16.3. The van der Waals surface area contributed by atoms with Gasteiger partial charge in [0.2, 0.25) is 5.91 Å². The molecule has 2 fully saturated rings. The third-order valence-electron chi connectivity index (χ3n) is 6.54. The molecule has 160 valence electrons. The Labute approximate surface area is 182 Å². The van der Waals surface area contributed by atoms with Crippen LogP contribution in [0.15, 0.2) is 40.6 Å². The van der Waals surface area contributed by atoms with Crippen molar-refractivity contribution in [1.82, 2.24) is 9.21 Å². The zero-order chi connectivity index (χ0) is 20.7. The van der Waals surface area contributed by atoms with Crippen molar-refractivity contribution in [2.75, 3.05) is 13.1 Å². The lowest BCUT2D eigenvalue weighted by atomic mass is 10.1. The summed E-state index contributed by atoms with van der Waals surface area (Å²) < 4.78 is 27.8. The van der Waals surface area contributed by atoms with Gasteiger partial charge in [0.25, 0.3) is 10.0 Å². The van der Waals surface area contributed by atoms with E-state index in [0.29, 0.717) is 23.3 Å². The number of nitrogens with zero attached hydrogens (tertiary/aromatic N) is 2. The summed E-state index contributed by atoms with van der Waals surface area (Å²) >= 11 is 1.26. The van der Waals surface area contributed by atoms with Gasteiger partial charge in [0.15, 0.2) is 0 Å². The van der Waals surface area contributed by atoms with Gasteiger partial charge >= 0.3 is 0 Å². The van der Waals surface area contributed by atoms with Crippen LogP contribution < -0.4 is 0 Å². The molecule has 1 aliphatic heterocycles. The standard InChI is InChI=1S/C23H28N2O3S2/c26-22(25(18-9-10-18)21-12-8-17-6-2-3-7-20(17)21)16-19-11-13-23(29-19)30(27,28)24-14-4-1-5-15-24/h2-3,6-7,11,13,18,21H,1,4-5,8-10,12,14-16H2. The molecule has 5 rings (SSSR count). The summed E-state index contributed by atoms with van der Waals surface area (Å²) in [5.41, 5.74) is 2.64. The van der Waals surface area contributed by atoms with Gasteiger partial charge in [-0.1, -0.05) is 30.7 Å². The molecule has 0 bridgehead atoms. The average Bonchev–Trinajstić information content (AvgIpc) is 3.31. The zero-order valence-corrected chi connectivity index (χ0v) is 18.8. The Morgan fingerprint density at radius 1 is 1.03 bits per heavy atom. The molecule has 7 heteroatoms. The Morgan fingerprint density at radius 3 is 2.57 bits per heavy atom. The average molecular weight is 445 g/mol. The van der Waals surface area contributed by atoms with Crippen molar-refractivity contribution in [1.29, 1.82) is 0 Å². The van der Waals surface area contributed by atoms with E-state index in [1.54, 1.807) is 10.4 Å². The van der Waals surface area contributed by atoms with E-state index in [1.807, 2.05) is 6.07 Å². The Bertz CT molecular complexity index is 1040. The normalized spacial score (nSPS) is 22.1. The molecule has 0 spiro atoms. The zero-order valence-electron chi connectivity index (χ0n) is 17.1. The summed E-state index contributed by atoms with van der Waals surface area (Å²) in [6, 6.07) is 12.5. The Hall–Kier alpha value is -1.70. The largest absolute Gasteiger partial charge is 0.332 e. The first-order chi connectivity index (χ1) is 14.5. The second kappa shape index (κ2) is 8.09. The minimum atomic E-state index is -3.43. The van der Waals surface area contributed by atoms with Crippen LogP contribution in [0.25, 0.3) is 0 Å². The molecule has 1 saturated carbocycles. The minimum Gasteiger partial charge on any atom is -0.332 e. The van der Waals surface area contributed by atoms with E-state index >= 15 is 0 Å². The quantitative estimate of drug-likeness (QED) is 0.673. The monoisotopic (exact) mass is 444 g/mol. The lowest BCUT2D eigenvalue weighted by molar-refractivity contribution is -0.133. The number of aryl methyl sites for hydroxylation is 1. The lowest BCUT2D eigenvalue weighted by Gasteiger charge is -2.30. The predicted octanol–water partition coefficient (Wildman–Crippen LogP) is 4.14. The number of carbonyl (C=O) groups excluding carboxylic acids is 1. The Morgan fingerprint density at radius 2 is 1.80 bits per heavy atom. The first kappa shape index (κ1) is 20.2. The van der Waals surface area contributed by atoms with Crippen molar-refractivity contribution >= 4 is 27.3 Å². The molecule has 30 heavy (non-hydrogen) atoms. The number of hydrogen-bond donors (Lipinski definition) is 0. The van der Waals surface area contributed by atoms with Crippen LogP contribution in [-0.4, -0.2) is 42.7 Å². The maximum atomic E-state index is 13.3. The summed E-state index contributed by atoms with van der Waals surface area (Å²) in [6.07, 6.45) is 7.39. The Kier molecular flexibility index (Phi) is 5.45. The van der Waals surface area contributed by atoms with Crippen molar-refractivity contribution in [2.24, 2.45) is 0 Å². The molecule has 2 aliphatic carbocycles. The number of amides is 1. The van der Waals surface area contributed by atoms with Gasteiger partial charge in [-0.15, -0.1) is 11.3 Å². The molecule has 0 radical (unpaired) electrons. The lowest BCUT2D eigenvalue weighted by Crippen LogP contribution is -2.37. The van der Waals surface area contributed by atoms with Crippen molar-refractivity contribution in [3.8, 4) is 0 Å².